The lowest BCUT2D eigenvalue weighted by Crippen LogP contribution is -2.48. The maximum Gasteiger partial charge on any atom is 0.249 e. The molecule has 0 saturated carbocycles. The zero-order valence-corrected chi connectivity index (χ0v) is 17.0. The topological polar surface area (TPSA) is 84.9 Å². The number of sulfonamides is 1. The second-order valence-corrected chi connectivity index (χ2v) is 9.23. The first-order valence-corrected chi connectivity index (χ1v) is 11.5. The van der Waals surface area contributed by atoms with E-state index >= 15 is 0 Å². The summed E-state index contributed by atoms with van der Waals surface area (Å²) < 4.78 is 37.6. The van der Waals surface area contributed by atoms with Crippen LogP contribution in [0.4, 0.5) is 0 Å². The number of hydrogen-bond acceptors (Lipinski definition) is 5. The Bertz CT molecular complexity index is 1010. The smallest absolute Gasteiger partial charge is 0.249 e. The molecule has 1 amide bonds. The molecule has 0 spiro atoms. The minimum atomic E-state index is -3.38. The van der Waals surface area contributed by atoms with Gasteiger partial charge >= 0.3 is 0 Å². The Morgan fingerprint density at radius 3 is 2.79 bits per heavy atom. The fourth-order valence-corrected chi connectivity index (χ4v) is 4.91. The minimum Gasteiger partial charge on any atom is -0.467 e. The molecule has 2 aromatic rings. The van der Waals surface area contributed by atoms with Crippen molar-refractivity contribution in [1.29, 1.82) is 0 Å². The Kier molecular flexibility index (Phi) is 5.58. The number of fused-ring (bicyclic) bond motifs is 5. The van der Waals surface area contributed by atoms with Crippen LogP contribution in [0, 0.1) is 0 Å². The Morgan fingerprint density at radius 2 is 1.97 bits per heavy atom. The number of para-hydroxylation sites is 1. The van der Waals surface area contributed by atoms with Crippen LogP contribution in [0.25, 0.3) is 11.1 Å². The summed E-state index contributed by atoms with van der Waals surface area (Å²) >= 11 is 0. The fourth-order valence-electron chi connectivity index (χ4n) is 4.08. The maximum absolute atomic E-state index is 12.7. The molecule has 0 aliphatic carbocycles. The first-order valence-electron chi connectivity index (χ1n) is 9.56. The highest BCUT2D eigenvalue weighted by atomic mass is 32.2. The maximum atomic E-state index is 12.7. The van der Waals surface area contributed by atoms with E-state index in [-0.39, 0.29) is 31.4 Å². The monoisotopic (exact) mass is 416 g/mol. The predicted octanol–water partition coefficient (Wildman–Crippen LogP) is 1.78. The number of hydrogen-bond donors (Lipinski definition) is 1. The molecule has 8 heteroatoms. The van der Waals surface area contributed by atoms with Gasteiger partial charge in [0.1, 0.15) is 12.4 Å². The van der Waals surface area contributed by atoms with Gasteiger partial charge in [0.25, 0.3) is 0 Å². The van der Waals surface area contributed by atoms with Crippen LogP contribution in [-0.4, -0.2) is 57.5 Å². The summed E-state index contributed by atoms with van der Waals surface area (Å²) in [6, 6.07) is 15.1. The number of rotatable bonds is 2. The average Bonchev–Trinajstić information content (AvgIpc) is 3.06. The van der Waals surface area contributed by atoms with Gasteiger partial charge in [0.05, 0.1) is 12.3 Å². The van der Waals surface area contributed by atoms with Gasteiger partial charge in [-0.2, -0.15) is 0 Å². The van der Waals surface area contributed by atoms with Gasteiger partial charge in [-0.25, -0.2) is 13.1 Å². The van der Waals surface area contributed by atoms with Crippen molar-refractivity contribution >= 4 is 15.9 Å². The number of amides is 1. The number of nitrogens with one attached hydrogen (secondary N) is 1. The largest absolute Gasteiger partial charge is 0.467 e. The van der Waals surface area contributed by atoms with Crippen molar-refractivity contribution in [3.63, 3.8) is 0 Å². The molecule has 1 saturated heterocycles. The zero-order chi connectivity index (χ0) is 20.4. The van der Waals surface area contributed by atoms with E-state index in [1.54, 1.807) is 4.90 Å². The first-order chi connectivity index (χ1) is 13.9. The Balaban J connectivity index is 1.72. The van der Waals surface area contributed by atoms with E-state index in [4.69, 9.17) is 9.47 Å². The van der Waals surface area contributed by atoms with Crippen LogP contribution in [0.1, 0.15) is 12.0 Å². The molecule has 0 aromatic heterocycles. The van der Waals surface area contributed by atoms with Gasteiger partial charge in [-0.15, -0.1) is 0 Å². The summed E-state index contributed by atoms with van der Waals surface area (Å²) in [7, 11) is -3.38. The molecule has 2 aliphatic heterocycles. The molecule has 2 bridgehead atoms. The predicted molar refractivity (Wildman–Crippen MR) is 109 cm³/mol. The highest BCUT2D eigenvalue weighted by Gasteiger charge is 2.38. The van der Waals surface area contributed by atoms with Crippen molar-refractivity contribution in [1.82, 2.24) is 9.62 Å². The van der Waals surface area contributed by atoms with Crippen molar-refractivity contribution < 1.29 is 22.7 Å². The average molecular weight is 416 g/mol. The third-order valence-corrected chi connectivity index (χ3v) is 6.06. The van der Waals surface area contributed by atoms with Gasteiger partial charge in [-0.05, 0) is 30.0 Å². The molecule has 2 aliphatic rings. The molecule has 2 atom stereocenters. The summed E-state index contributed by atoms with van der Waals surface area (Å²) in [5.74, 6) is 0.522. The molecular weight excluding hydrogens is 392 g/mol. The van der Waals surface area contributed by atoms with E-state index < -0.39 is 10.0 Å². The van der Waals surface area contributed by atoms with E-state index in [0.29, 0.717) is 25.1 Å². The van der Waals surface area contributed by atoms with Crippen molar-refractivity contribution in [2.75, 3.05) is 26.2 Å². The summed E-state index contributed by atoms with van der Waals surface area (Å²) in [6.07, 6.45) is 2.27. The van der Waals surface area contributed by atoms with Crippen LogP contribution in [-0.2, 0) is 26.0 Å². The normalized spacial score (nSPS) is 22.5. The Labute approximate surface area is 170 Å². The van der Waals surface area contributed by atoms with Gasteiger partial charge in [-0.3, -0.25) is 4.79 Å². The lowest BCUT2D eigenvalue weighted by atomic mass is 9.96. The molecule has 2 unspecified atom stereocenters. The standard InChI is InChI=1S/C21H24N2O5S/c1-29(25,26)22-18-9-10-23-19(18)12-15-5-4-6-16(11-15)17-7-2-3-8-20(17)28-14-27-13-21(23)24/h2-8,11,18-19,22H,9-10,12-14H2,1H3. The lowest BCUT2D eigenvalue weighted by Gasteiger charge is -2.28. The molecule has 2 heterocycles. The fraction of sp³-hybridized carbons (Fsp3) is 0.381. The molecule has 2 aromatic carbocycles. The Hall–Kier alpha value is -2.42. The van der Waals surface area contributed by atoms with Crippen LogP contribution >= 0.6 is 0 Å². The van der Waals surface area contributed by atoms with Crippen molar-refractivity contribution in [3.05, 3.63) is 54.1 Å². The number of benzene rings is 2. The Morgan fingerprint density at radius 1 is 1.14 bits per heavy atom. The molecule has 29 heavy (non-hydrogen) atoms. The first kappa shape index (κ1) is 19.9. The SMILES string of the molecule is CS(=O)(=O)NC1CCN2C(=O)COCOc3ccccc3-c3cccc(c3)CC12. The van der Waals surface area contributed by atoms with E-state index in [0.717, 1.165) is 22.9 Å². The third-order valence-electron chi connectivity index (χ3n) is 5.32. The van der Waals surface area contributed by atoms with Gasteiger partial charge in [0.2, 0.25) is 15.9 Å². The van der Waals surface area contributed by atoms with Gasteiger partial charge < -0.3 is 14.4 Å². The van der Waals surface area contributed by atoms with Crippen molar-refractivity contribution in [3.8, 4) is 16.9 Å². The van der Waals surface area contributed by atoms with Crippen LogP contribution in [0.2, 0.25) is 0 Å². The number of nitrogens with zero attached hydrogens (tertiary/aromatic N) is 1. The molecule has 1 fully saturated rings. The third kappa shape index (κ3) is 4.60. The van der Waals surface area contributed by atoms with E-state index in [1.165, 1.54) is 0 Å². The van der Waals surface area contributed by atoms with Crippen LogP contribution in [0.5, 0.6) is 5.75 Å². The molecule has 7 nitrogen and oxygen atoms in total. The summed E-state index contributed by atoms with van der Waals surface area (Å²) in [5.41, 5.74) is 2.97. The molecule has 1 N–H and O–H groups in total. The number of ether oxygens (including phenoxy) is 2. The van der Waals surface area contributed by atoms with Crippen molar-refractivity contribution in [2.24, 2.45) is 0 Å². The second-order valence-electron chi connectivity index (χ2n) is 7.45. The highest BCUT2D eigenvalue weighted by Crippen LogP contribution is 2.32. The van der Waals surface area contributed by atoms with Crippen LogP contribution in [0.15, 0.2) is 48.5 Å². The minimum absolute atomic E-state index is 0.0357. The van der Waals surface area contributed by atoms with E-state index in [9.17, 15) is 13.2 Å². The van der Waals surface area contributed by atoms with Crippen molar-refractivity contribution in [2.45, 2.75) is 24.9 Å². The lowest BCUT2D eigenvalue weighted by molar-refractivity contribution is -0.139. The van der Waals surface area contributed by atoms with Gasteiger partial charge in [0, 0.05) is 18.2 Å². The summed E-state index contributed by atoms with van der Waals surface area (Å²) in [5, 5.41) is 0. The zero-order valence-electron chi connectivity index (χ0n) is 16.2. The highest BCUT2D eigenvalue weighted by molar-refractivity contribution is 7.88. The molecule has 154 valence electrons. The second kappa shape index (κ2) is 8.14. The number of carbonyl (C=O) groups excluding carboxylic acids is 1. The summed E-state index contributed by atoms with van der Waals surface area (Å²) in [6.45, 7) is 0.342. The van der Waals surface area contributed by atoms with Crippen LogP contribution < -0.4 is 9.46 Å². The summed E-state index contributed by atoms with van der Waals surface area (Å²) in [4.78, 5) is 14.5. The van der Waals surface area contributed by atoms with Gasteiger partial charge in [-0.1, -0.05) is 42.5 Å². The quantitative estimate of drug-likeness (QED) is 0.807. The van der Waals surface area contributed by atoms with Gasteiger partial charge in [0.15, 0.2) is 6.79 Å². The van der Waals surface area contributed by atoms with E-state index in [2.05, 4.69) is 10.8 Å². The molecule has 0 radical (unpaired) electrons. The number of carbonyl (C=O) groups is 1. The molecular formula is C21H24N2O5S. The van der Waals surface area contributed by atoms with E-state index in [1.807, 2.05) is 42.5 Å². The molecule has 4 rings (SSSR count). The van der Waals surface area contributed by atoms with Crippen LogP contribution in [0.3, 0.4) is 0 Å².